The molecule has 5 nitrogen and oxygen atoms in total. The number of carbonyl (C=O) groups is 2. The van der Waals surface area contributed by atoms with E-state index < -0.39 is 5.97 Å². The van der Waals surface area contributed by atoms with E-state index in [0.29, 0.717) is 13.0 Å². The van der Waals surface area contributed by atoms with Gasteiger partial charge in [0.05, 0.1) is 12.1 Å². The highest BCUT2D eigenvalue weighted by Crippen LogP contribution is 2.21. The molecule has 0 atom stereocenters. The third-order valence-corrected chi connectivity index (χ3v) is 2.85. The predicted molar refractivity (Wildman–Crippen MR) is 62.5 cm³/mol. The second-order valence-electron chi connectivity index (χ2n) is 4.03. The monoisotopic (exact) mass is 234 g/mol. The third kappa shape index (κ3) is 2.38. The number of hydrogen-bond acceptors (Lipinski definition) is 3. The summed E-state index contributed by atoms with van der Waals surface area (Å²) in [6.45, 7) is 0.674. The molecule has 0 bridgehead atoms. The summed E-state index contributed by atoms with van der Waals surface area (Å²) in [6, 6.07) is 7.24. The van der Waals surface area contributed by atoms with Crippen LogP contribution in [0.2, 0.25) is 0 Å². The van der Waals surface area contributed by atoms with E-state index in [9.17, 15) is 9.59 Å². The van der Waals surface area contributed by atoms with Gasteiger partial charge in [0, 0.05) is 20.0 Å². The van der Waals surface area contributed by atoms with Crippen LogP contribution in [0.15, 0.2) is 24.3 Å². The highest BCUT2D eigenvalue weighted by atomic mass is 16.4. The molecule has 2 rings (SSSR count). The van der Waals surface area contributed by atoms with Crippen LogP contribution in [-0.4, -0.2) is 35.6 Å². The van der Waals surface area contributed by atoms with E-state index in [2.05, 4.69) is 0 Å². The maximum Gasteiger partial charge on any atom is 0.307 e. The van der Waals surface area contributed by atoms with Crippen LogP contribution in [0.4, 0.5) is 5.69 Å². The molecule has 1 saturated heterocycles. The number of benzene rings is 1. The van der Waals surface area contributed by atoms with Crippen LogP contribution < -0.4 is 5.01 Å². The van der Waals surface area contributed by atoms with Crippen LogP contribution in [0.5, 0.6) is 0 Å². The molecule has 0 aromatic heterocycles. The smallest absolute Gasteiger partial charge is 0.307 e. The highest BCUT2D eigenvalue weighted by Gasteiger charge is 2.25. The summed E-state index contributed by atoms with van der Waals surface area (Å²) in [5.41, 5.74) is 1.67. The van der Waals surface area contributed by atoms with Gasteiger partial charge in [-0.15, -0.1) is 0 Å². The molecule has 1 aliphatic heterocycles. The molecule has 1 aromatic rings. The molecule has 0 saturated carbocycles. The van der Waals surface area contributed by atoms with Crippen LogP contribution in [0.3, 0.4) is 0 Å². The molecule has 0 aliphatic carbocycles. The zero-order valence-electron chi connectivity index (χ0n) is 9.59. The number of rotatable bonds is 3. The van der Waals surface area contributed by atoms with Gasteiger partial charge in [0.2, 0.25) is 5.91 Å². The Morgan fingerprint density at radius 1 is 1.35 bits per heavy atom. The predicted octanol–water partition coefficient (Wildman–Crippen LogP) is 0.897. The fraction of sp³-hybridized carbons (Fsp3) is 0.333. The van der Waals surface area contributed by atoms with Crippen molar-refractivity contribution in [2.24, 2.45) is 0 Å². The minimum absolute atomic E-state index is 0.0229. The van der Waals surface area contributed by atoms with Crippen molar-refractivity contribution in [3.05, 3.63) is 29.8 Å². The van der Waals surface area contributed by atoms with Crippen molar-refractivity contribution in [1.29, 1.82) is 0 Å². The van der Waals surface area contributed by atoms with Gasteiger partial charge in [-0.2, -0.15) is 0 Å². The Hall–Kier alpha value is -2.04. The Labute approximate surface area is 99.2 Å². The summed E-state index contributed by atoms with van der Waals surface area (Å²) in [7, 11) is 1.74. The number of hydrazine groups is 1. The Bertz CT molecular complexity index is 442. The molecule has 1 N–H and O–H groups in total. The molecule has 1 aliphatic rings. The van der Waals surface area contributed by atoms with Gasteiger partial charge in [0.1, 0.15) is 0 Å². The average molecular weight is 234 g/mol. The van der Waals surface area contributed by atoms with Crippen LogP contribution in [0, 0.1) is 0 Å². The zero-order chi connectivity index (χ0) is 12.4. The minimum atomic E-state index is -0.841. The number of amides is 1. The summed E-state index contributed by atoms with van der Waals surface area (Å²) >= 11 is 0. The molecule has 0 spiro atoms. The number of carboxylic acid groups (broad SMARTS) is 1. The number of carbonyl (C=O) groups excluding carboxylic acids is 1. The Morgan fingerprint density at radius 2 is 2.00 bits per heavy atom. The van der Waals surface area contributed by atoms with E-state index >= 15 is 0 Å². The van der Waals surface area contributed by atoms with Gasteiger partial charge < -0.3 is 5.11 Å². The molecule has 1 aromatic carbocycles. The zero-order valence-corrected chi connectivity index (χ0v) is 9.59. The normalized spacial score (nSPS) is 15.5. The second-order valence-corrected chi connectivity index (χ2v) is 4.03. The summed E-state index contributed by atoms with van der Waals surface area (Å²) < 4.78 is 0. The molecule has 0 radical (unpaired) electrons. The first-order chi connectivity index (χ1) is 8.08. The summed E-state index contributed by atoms with van der Waals surface area (Å²) in [5, 5.41) is 12.1. The first-order valence-corrected chi connectivity index (χ1v) is 5.42. The largest absolute Gasteiger partial charge is 0.481 e. The van der Waals surface area contributed by atoms with Gasteiger partial charge in [-0.05, 0) is 17.7 Å². The SMILES string of the molecule is CN1C(=O)CCN1c1ccc(CC(=O)O)cc1. The summed E-state index contributed by atoms with van der Waals surface area (Å²) in [5.74, 6) is -0.745. The van der Waals surface area contributed by atoms with Gasteiger partial charge in [-0.25, -0.2) is 0 Å². The lowest BCUT2D eigenvalue weighted by Crippen LogP contribution is -2.35. The topological polar surface area (TPSA) is 60.9 Å². The third-order valence-electron chi connectivity index (χ3n) is 2.85. The molecule has 1 heterocycles. The van der Waals surface area contributed by atoms with Gasteiger partial charge in [-0.1, -0.05) is 12.1 Å². The van der Waals surface area contributed by atoms with Crippen molar-refractivity contribution in [1.82, 2.24) is 5.01 Å². The summed E-state index contributed by atoms with van der Waals surface area (Å²) in [4.78, 5) is 21.9. The van der Waals surface area contributed by atoms with Crippen molar-refractivity contribution in [2.75, 3.05) is 18.6 Å². The van der Waals surface area contributed by atoms with Gasteiger partial charge in [0.15, 0.2) is 0 Å². The lowest BCUT2D eigenvalue weighted by molar-refractivity contribution is -0.136. The van der Waals surface area contributed by atoms with E-state index in [1.165, 1.54) is 0 Å². The highest BCUT2D eigenvalue weighted by molar-refractivity contribution is 5.81. The Morgan fingerprint density at radius 3 is 2.47 bits per heavy atom. The number of aliphatic carboxylic acids is 1. The van der Waals surface area contributed by atoms with Crippen LogP contribution in [-0.2, 0) is 16.0 Å². The molecule has 90 valence electrons. The van der Waals surface area contributed by atoms with E-state index in [-0.39, 0.29) is 12.3 Å². The van der Waals surface area contributed by atoms with Gasteiger partial charge in [-0.3, -0.25) is 19.6 Å². The molecule has 17 heavy (non-hydrogen) atoms. The second kappa shape index (κ2) is 4.45. The summed E-state index contributed by atoms with van der Waals surface area (Å²) in [6.07, 6.45) is 0.544. The van der Waals surface area contributed by atoms with Crippen LogP contribution >= 0.6 is 0 Å². The van der Waals surface area contributed by atoms with Crippen molar-refractivity contribution in [3.63, 3.8) is 0 Å². The first kappa shape index (κ1) is 11.4. The lowest BCUT2D eigenvalue weighted by Gasteiger charge is -2.26. The maximum absolute atomic E-state index is 11.4. The number of carboxylic acids is 1. The molecule has 0 unspecified atom stereocenters. The van der Waals surface area contributed by atoms with E-state index in [1.54, 1.807) is 24.2 Å². The number of hydrogen-bond donors (Lipinski definition) is 1. The van der Waals surface area contributed by atoms with Crippen LogP contribution in [0.25, 0.3) is 0 Å². The number of nitrogens with zero attached hydrogens (tertiary/aromatic N) is 2. The maximum atomic E-state index is 11.4. The molecule has 1 fully saturated rings. The van der Waals surface area contributed by atoms with Crippen molar-refractivity contribution < 1.29 is 14.7 Å². The van der Waals surface area contributed by atoms with Crippen LogP contribution in [0.1, 0.15) is 12.0 Å². The van der Waals surface area contributed by atoms with Crippen molar-refractivity contribution >= 4 is 17.6 Å². The standard InChI is InChI=1S/C12H14N2O3/c1-13-11(15)6-7-14(13)10-4-2-9(3-5-10)8-12(16)17/h2-5H,6-8H2,1H3,(H,16,17). The molecular weight excluding hydrogens is 220 g/mol. The molecule has 5 heteroatoms. The molecular formula is C12H14N2O3. The minimum Gasteiger partial charge on any atom is -0.481 e. The quantitative estimate of drug-likeness (QED) is 0.844. The fourth-order valence-electron chi connectivity index (χ4n) is 1.91. The van der Waals surface area contributed by atoms with Gasteiger partial charge in [0.25, 0.3) is 0 Å². The molecule has 1 amide bonds. The average Bonchev–Trinajstić information content (AvgIpc) is 2.60. The van der Waals surface area contributed by atoms with E-state index in [4.69, 9.17) is 5.11 Å². The Kier molecular flexibility index (Phi) is 2.99. The fourth-order valence-corrected chi connectivity index (χ4v) is 1.91. The van der Waals surface area contributed by atoms with E-state index in [1.807, 2.05) is 17.1 Å². The number of anilines is 1. The van der Waals surface area contributed by atoms with Crippen molar-refractivity contribution in [2.45, 2.75) is 12.8 Å². The van der Waals surface area contributed by atoms with E-state index in [0.717, 1.165) is 11.3 Å². The van der Waals surface area contributed by atoms with Crippen molar-refractivity contribution in [3.8, 4) is 0 Å². The first-order valence-electron chi connectivity index (χ1n) is 5.42. The van der Waals surface area contributed by atoms with Gasteiger partial charge >= 0.3 is 5.97 Å². The Balaban J connectivity index is 2.13. The lowest BCUT2D eigenvalue weighted by atomic mass is 10.1.